The summed E-state index contributed by atoms with van der Waals surface area (Å²) in [6.45, 7) is 0. The number of nitrogens with one attached hydrogen (secondary N) is 2. The van der Waals surface area contributed by atoms with Crippen LogP contribution in [0.1, 0.15) is 41.7 Å². The van der Waals surface area contributed by atoms with Crippen LogP contribution in [0.15, 0.2) is 55.0 Å². The second kappa shape index (κ2) is 8.76. The third-order valence-electron chi connectivity index (χ3n) is 5.94. The van der Waals surface area contributed by atoms with Crippen molar-refractivity contribution in [2.24, 2.45) is 0 Å². The number of anilines is 1. The maximum atomic E-state index is 13.0. The first-order valence-corrected chi connectivity index (χ1v) is 10.8. The molecule has 5 rings (SSSR count). The van der Waals surface area contributed by atoms with Gasteiger partial charge < -0.3 is 10.6 Å². The summed E-state index contributed by atoms with van der Waals surface area (Å²) in [5.41, 5.74) is 0.622. The molecule has 12 heteroatoms. The third kappa shape index (κ3) is 4.56. The lowest BCUT2D eigenvalue weighted by Crippen LogP contribution is -2.40. The van der Waals surface area contributed by atoms with E-state index >= 15 is 0 Å². The van der Waals surface area contributed by atoms with Gasteiger partial charge in [-0.2, -0.15) is 13.2 Å². The van der Waals surface area contributed by atoms with Gasteiger partial charge in [-0.15, -0.1) is 5.10 Å². The van der Waals surface area contributed by atoms with E-state index in [-0.39, 0.29) is 23.6 Å². The Bertz CT molecular complexity index is 1280. The first-order valence-electron chi connectivity index (χ1n) is 10.8. The Morgan fingerprint density at radius 3 is 2.41 bits per heavy atom. The molecule has 0 unspecified atom stereocenters. The number of hydrogen-bond acceptors (Lipinski definition) is 6. The van der Waals surface area contributed by atoms with E-state index in [4.69, 9.17) is 0 Å². The quantitative estimate of drug-likeness (QED) is 0.463. The van der Waals surface area contributed by atoms with Crippen LogP contribution in [0.3, 0.4) is 0 Å². The zero-order valence-electron chi connectivity index (χ0n) is 17.9. The molecule has 3 heterocycles. The molecule has 1 fully saturated rings. The number of benzene rings is 1. The maximum absolute atomic E-state index is 13.0. The number of alkyl halides is 3. The molecule has 9 nitrogen and oxygen atoms in total. The number of hydrogen-bond donors (Lipinski definition) is 2. The Morgan fingerprint density at radius 1 is 1.00 bits per heavy atom. The van der Waals surface area contributed by atoms with E-state index in [1.807, 2.05) is 0 Å². The molecule has 1 saturated carbocycles. The van der Waals surface area contributed by atoms with Gasteiger partial charge in [-0.3, -0.25) is 9.20 Å². The molecule has 0 radical (unpaired) electrons. The van der Waals surface area contributed by atoms with E-state index in [2.05, 4.69) is 31.1 Å². The lowest BCUT2D eigenvalue weighted by Gasteiger charge is -2.30. The van der Waals surface area contributed by atoms with Crippen LogP contribution in [0, 0.1) is 0 Å². The molecule has 3 aromatic heterocycles. The van der Waals surface area contributed by atoms with Gasteiger partial charge in [0.15, 0.2) is 5.69 Å². The molecule has 1 aliphatic rings. The van der Waals surface area contributed by atoms with Crippen molar-refractivity contribution in [3.8, 4) is 5.69 Å². The van der Waals surface area contributed by atoms with Crippen molar-refractivity contribution in [3.63, 3.8) is 0 Å². The number of imidazole rings is 1. The Balaban J connectivity index is 1.17. The van der Waals surface area contributed by atoms with Crippen molar-refractivity contribution in [2.45, 2.75) is 43.9 Å². The van der Waals surface area contributed by atoms with Crippen LogP contribution in [-0.4, -0.2) is 47.6 Å². The van der Waals surface area contributed by atoms with Crippen LogP contribution in [0.2, 0.25) is 0 Å². The Labute approximate surface area is 192 Å². The molecule has 0 atom stereocenters. The number of fused-ring (bicyclic) bond motifs is 1. The number of carbonyl (C=O) groups is 1. The van der Waals surface area contributed by atoms with Crippen molar-refractivity contribution in [1.29, 1.82) is 0 Å². The molecular formula is C22H21F3N8O. The highest BCUT2D eigenvalue weighted by atomic mass is 19.4. The van der Waals surface area contributed by atoms with E-state index in [1.165, 1.54) is 15.4 Å². The molecule has 1 aliphatic carbocycles. The van der Waals surface area contributed by atoms with Gasteiger partial charge in [-0.1, -0.05) is 6.07 Å². The molecule has 1 amide bonds. The molecule has 34 heavy (non-hydrogen) atoms. The molecule has 2 N–H and O–H groups in total. The highest BCUT2D eigenvalue weighted by Gasteiger charge is 2.34. The molecule has 0 aliphatic heterocycles. The normalized spacial score (nSPS) is 18.7. The van der Waals surface area contributed by atoms with Gasteiger partial charge in [0.1, 0.15) is 17.8 Å². The number of rotatable bonds is 5. The van der Waals surface area contributed by atoms with Crippen molar-refractivity contribution in [2.75, 3.05) is 5.32 Å². The second-order valence-electron chi connectivity index (χ2n) is 8.23. The second-order valence-corrected chi connectivity index (χ2v) is 8.23. The largest absolute Gasteiger partial charge is 0.434 e. The third-order valence-corrected chi connectivity index (χ3v) is 5.94. The Morgan fingerprint density at radius 2 is 1.74 bits per heavy atom. The van der Waals surface area contributed by atoms with E-state index in [1.54, 1.807) is 42.5 Å². The van der Waals surface area contributed by atoms with Crippen LogP contribution in [-0.2, 0) is 6.18 Å². The summed E-state index contributed by atoms with van der Waals surface area (Å²) in [7, 11) is 0. The summed E-state index contributed by atoms with van der Waals surface area (Å²) in [4.78, 5) is 16.3. The summed E-state index contributed by atoms with van der Waals surface area (Å²) in [5.74, 6) is 0.415. The maximum Gasteiger partial charge on any atom is 0.434 e. The summed E-state index contributed by atoms with van der Waals surface area (Å²) in [6, 6.07) is 12.1. The lowest BCUT2D eigenvalue weighted by atomic mass is 9.91. The number of halogens is 3. The highest BCUT2D eigenvalue weighted by molar-refractivity contribution is 5.94. The van der Waals surface area contributed by atoms with E-state index in [9.17, 15) is 18.0 Å². The fourth-order valence-electron chi connectivity index (χ4n) is 4.17. The number of nitrogens with zero attached hydrogens (tertiary/aromatic N) is 6. The van der Waals surface area contributed by atoms with Crippen LogP contribution in [0.25, 0.3) is 11.3 Å². The molecular weight excluding hydrogens is 449 g/mol. The summed E-state index contributed by atoms with van der Waals surface area (Å²) in [6.07, 6.45) is 1.08. The van der Waals surface area contributed by atoms with Gasteiger partial charge in [0.25, 0.3) is 5.91 Å². The van der Waals surface area contributed by atoms with Crippen molar-refractivity contribution in [3.05, 3.63) is 66.2 Å². The van der Waals surface area contributed by atoms with Gasteiger partial charge >= 0.3 is 6.18 Å². The smallest absolute Gasteiger partial charge is 0.368 e. The first-order chi connectivity index (χ1) is 16.4. The number of carbonyl (C=O) groups excluding carboxylic acids is 1. The molecule has 0 bridgehead atoms. The zero-order valence-corrected chi connectivity index (χ0v) is 17.9. The topological polar surface area (TPSA) is 102 Å². The Hall–Kier alpha value is -3.96. The predicted molar refractivity (Wildman–Crippen MR) is 116 cm³/mol. The molecule has 4 aromatic rings. The van der Waals surface area contributed by atoms with E-state index in [0.717, 1.165) is 37.6 Å². The highest BCUT2D eigenvalue weighted by Crippen LogP contribution is 2.30. The average molecular weight is 470 g/mol. The number of amides is 1. The number of aromatic nitrogens is 6. The van der Waals surface area contributed by atoms with Crippen molar-refractivity contribution < 1.29 is 18.0 Å². The van der Waals surface area contributed by atoms with E-state index in [0.29, 0.717) is 11.4 Å². The molecule has 1 aromatic carbocycles. The SMILES string of the molecule is O=C(N[C@H]1CC[C@@H](Nc2cccc3nc(C(F)(F)F)cn23)CC1)c1ccc(-n2cnnn2)cc1. The van der Waals surface area contributed by atoms with Gasteiger partial charge in [-0.05, 0) is 72.5 Å². The van der Waals surface area contributed by atoms with Gasteiger partial charge in [0.05, 0.1) is 5.69 Å². The standard InChI is InChI=1S/C22H21F3N8O/c23-22(24,25)18-12-32-19(2-1-3-20(32)29-18)27-15-6-8-16(9-7-15)28-21(34)14-4-10-17(11-5-14)33-13-26-30-31-33/h1-5,10-13,15-16,27H,6-9H2,(H,28,34)/t15-,16+. The van der Waals surface area contributed by atoms with Crippen LogP contribution in [0.5, 0.6) is 0 Å². The van der Waals surface area contributed by atoms with Crippen molar-refractivity contribution in [1.82, 2.24) is 34.9 Å². The minimum atomic E-state index is -4.49. The summed E-state index contributed by atoms with van der Waals surface area (Å²) in [5, 5.41) is 17.4. The minimum absolute atomic E-state index is 0.0330. The first kappa shape index (κ1) is 21.9. The van der Waals surface area contributed by atoms with Gasteiger partial charge in [0, 0.05) is 23.8 Å². The summed E-state index contributed by atoms with van der Waals surface area (Å²) >= 11 is 0. The minimum Gasteiger partial charge on any atom is -0.368 e. The lowest BCUT2D eigenvalue weighted by molar-refractivity contribution is -0.140. The van der Waals surface area contributed by atoms with Gasteiger partial charge in [0.2, 0.25) is 0 Å². The zero-order chi connectivity index (χ0) is 23.7. The van der Waals surface area contributed by atoms with Crippen molar-refractivity contribution >= 4 is 17.4 Å². The molecule has 0 spiro atoms. The summed E-state index contributed by atoms with van der Waals surface area (Å²) < 4.78 is 42.0. The van der Waals surface area contributed by atoms with Gasteiger partial charge in [-0.25, -0.2) is 9.67 Å². The van der Waals surface area contributed by atoms with Crippen LogP contribution in [0.4, 0.5) is 19.0 Å². The fourth-order valence-corrected chi connectivity index (χ4v) is 4.17. The Kier molecular flexibility index (Phi) is 5.64. The predicted octanol–water partition coefficient (Wildman–Crippen LogP) is 3.48. The van der Waals surface area contributed by atoms with E-state index < -0.39 is 11.9 Å². The van der Waals surface area contributed by atoms with Crippen LogP contribution < -0.4 is 10.6 Å². The van der Waals surface area contributed by atoms with Crippen LogP contribution >= 0.6 is 0 Å². The molecule has 0 saturated heterocycles. The molecule has 176 valence electrons. The number of tetrazole rings is 1. The average Bonchev–Trinajstić information content (AvgIpc) is 3.51. The monoisotopic (exact) mass is 470 g/mol. The fraction of sp³-hybridized carbons (Fsp3) is 0.318. The number of pyridine rings is 1.